The summed E-state index contributed by atoms with van der Waals surface area (Å²) in [4.78, 5) is 13.7. The lowest BCUT2D eigenvalue weighted by molar-refractivity contribution is 0.555. The van der Waals surface area contributed by atoms with Crippen molar-refractivity contribution in [3.05, 3.63) is 83.6 Å². The summed E-state index contributed by atoms with van der Waals surface area (Å²) in [5, 5.41) is 15.4. The van der Waals surface area contributed by atoms with Crippen molar-refractivity contribution in [3.63, 3.8) is 0 Å². The molecule has 3 heterocycles. The zero-order valence-corrected chi connectivity index (χ0v) is 17.1. The largest absolute Gasteiger partial charge is 0.417 e. The van der Waals surface area contributed by atoms with E-state index in [2.05, 4.69) is 30.3 Å². The number of nitrogens with one attached hydrogen (secondary N) is 3. The minimum atomic E-state index is -3.86. The number of anilines is 3. The summed E-state index contributed by atoms with van der Waals surface area (Å²) >= 11 is 0. The lowest BCUT2D eigenvalue weighted by Crippen LogP contribution is -2.12. The van der Waals surface area contributed by atoms with E-state index < -0.39 is 15.8 Å². The Morgan fingerprint density at radius 2 is 1.78 bits per heavy atom. The van der Waals surface area contributed by atoms with Crippen molar-refractivity contribution in [1.29, 1.82) is 0 Å². The Morgan fingerprint density at radius 3 is 2.50 bits per heavy atom. The van der Waals surface area contributed by atoms with Crippen LogP contribution in [0.25, 0.3) is 16.9 Å². The molecule has 11 nitrogen and oxygen atoms in total. The summed E-state index contributed by atoms with van der Waals surface area (Å²) in [6.07, 6.45) is 3.42. The SMILES string of the molecule is O=c1[nH]c2cc(S(=O)(=O)Nc3ccc(Nc4ccc(-n5cccn5)nn4)cc3)ccc2o1. The molecule has 0 aliphatic carbocycles. The molecule has 0 fully saturated rings. The van der Waals surface area contributed by atoms with E-state index in [4.69, 9.17) is 4.42 Å². The molecule has 12 heteroatoms. The molecule has 0 radical (unpaired) electrons. The lowest BCUT2D eigenvalue weighted by Gasteiger charge is -2.10. The predicted molar refractivity (Wildman–Crippen MR) is 117 cm³/mol. The van der Waals surface area contributed by atoms with E-state index in [1.165, 1.54) is 18.2 Å². The molecule has 0 bridgehead atoms. The first-order valence-electron chi connectivity index (χ1n) is 9.33. The number of sulfonamides is 1. The number of fused-ring (bicyclic) bond motifs is 1. The fourth-order valence-electron chi connectivity index (χ4n) is 3.00. The number of benzene rings is 2. The minimum Gasteiger partial charge on any atom is -0.408 e. The molecular formula is C20H15N7O4S. The molecule has 0 atom stereocenters. The molecule has 0 amide bonds. The normalized spacial score (nSPS) is 11.5. The Kier molecular flexibility index (Phi) is 4.67. The van der Waals surface area contributed by atoms with Crippen LogP contribution in [0.4, 0.5) is 17.2 Å². The summed E-state index contributed by atoms with van der Waals surface area (Å²) in [5.41, 5.74) is 1.66. The Labute approximate surface area is 180 Å². The number of H-pyrrole nitrogens is 1. The van der Waals surface area contributed by atoms with E-state index in [1.807, 2.05) is 0 Å². The molecule has 0 saturated heterocycles. The number of nitrogens with zero attached hydrogens (tertiary/aromatic N) is 4. The number of aromatic nitrogens is 5. The van der Waals surface area contributed by atoms with E-state index in [0.29, 0.717) is 28.5 Å². The number of rotatable bonds is 6. The van der Waals surface area contributed by atoms with Crippen molar-refractivity contribution < 1.29 is 12.8 Å². The van der Waals surface area contributed by atoms with Crippen LogP contribution in [0.1, 0.15) is 0 Å². The van der Waals surface area contributed by atoms with Gasteiger partial charge in [0.25, 0.3) is 10.0 Å². The van der Waals surface area contributed by atoms with Gasteiger partial charge < -0.3 is 9.73 Å². The van der Waals surface area contributed by atoms with Crippen molar-refractivity contribution in [2.24, 2.45) is 0 Å². The van der Waals surface area contributed by atoms with Crippen molar-refractivity contribution in [1.82, 2.24) is 25.0 Å². The van der Waals surface area contributed by atoms with Gasteiger partial charge >= 0.3 is 5.76 Å². The van der Waals surface area contributed by atoms with Crippen molar-refractivity contribution in [3.8, 4) is 5.82 Å². The van der Waals surface area contributed by atoms with E-state index in [1.54, 1.807) is 59.5 Å². The second kappa shape index (κ2) is 7.67. The summed E-state index contributed by atoms with van der Waals surface area (Å²) in [5.74, 6) is 0.464. The molecule has 0 spiro atoms. The highest BCUT2D eigenvalue weighted by atomic mass is 32.2. The average molecular weight is 449 g/mol. The fraction of sp³-hybridized carbons (Fsp3) is 0. The van der Waals surface area contributed by atoms with Gasteiger partial charge in [0.05, 0.1) is 10.4 Å². The second-order valence-electron chi connectivity index (χ2n) is 6.71. The van der Waals surface area contributed by atoms with Gasteiger partial charge in [-0.2, -0.15) is 5.10 Å². The topological polar surface area (TPSA) is 148 Å². The maximum atomic E-state index is 12.7. The Hall–Kier alpha value is -4.45. The molecule has 3 aromatic heterocycles. The molecule has 0 saturated carbocycles. The molecule has 5 rings (SSSR count). The third kappa shape index (κ3) is 3.94. The van der Waals surface area contributed by atoms with Crippen LogP contribution in [-0.2, 0) is 10.0 Å². The summed E-state index contributed by atoms with van der Waals surface area (Å²) < 4.78 is 34.4. The monoisotopic (exact) mass is 449 g/mol. The van der Waals surface area contributed by atoms with Gasteiger partial charge in [-0.1, -0.05) is 0 Å². The van der Waals surface area contributed by atoms with Crippen LogP contribution < -0.4 is 15.8 Å². The summed E-state index contributed by atoms with van der Waals surface area (Å²) in [6.45, 7) is 0. The first-order chi connectivity index (χ1) is 15.5. The second-order valence-corrected chi connectivity index (χ2v) is 8.39. The molecule has 3 N–H and O–H groups in total. The lowest BCUT2D eigenvalue weighted by atomic mass is 10.3. The van der Waals surface area contributed by atoms with E-state index in [-0.39, 0.29) is 10.5 Å². The van der Waals surface area contributed by atoms with E-state index in [9.17, 15) is 13.2 Å². The van der Waals surface area contributed by atoms with Crippen LogP contribution in [0, 0.1) is 0 Å². The highest BCUT2D eigenvalue weighted by Crippen LogP contribution is 2.22. The zero-order valence-electron chi connectivity index (χ0n) is 16.3. The number of hydrogen-bond acceptors (Lipinski definition) is 8. The van der Waals surface area contributed by atoms with E-state index >= 15 is 0 Å². The summed E-state index contributed by atoms with van der Waals surface area (Å²) in [6, 6.07) is 16.1. The number of oxazole rings is 1. The van der Waals surface area contributed by atoms with Gasteiger partial charge in [-0.25, -0.2) is 17.9 Å². The Bertz CT molecular complexity index is 1540. The Morgan fingerprint density at radius 1 is 0.969 bits per heavy atom. The molecule has 160 valence electrons. The van der Waals surface area contributed by atoms with Crippen LogP contribution in [-0.4, -0.2) is 33.4 Å². The van der Waals surface area contributed by atoms with Crippen LogP contribution in [0.5, 0.6) is 0 Å². The molecular weight excluding hydrogens is 434 g/mol. The fourth-order valence-corrected chi connectivity index (χ4v) is 4.08. The minimum absolute atomic E-state index is 0.00297. The molecule has 0 aliphatic heterocycles. The first-order valence-corrected chi connectivity index (χ1v) is 10.8. The highest BCUT2D eigenvalue weighted by Gasteiger charge is 2.16. The standard InChI is InChI=1S/C20H15N7O4S/c28-20-23-16-12-15(6-7-17(16)31-20)32(29,30)26-14-4-2-13(3-5-14)22-18-8-9-19(25-24-18)27-11-1-10-21-27/h1-12,26H,(H,22,24)(H,23,28). The van der Waals surface area contributed by atoms with Crippen molar-refractivity contribution in [2.75, 3.05) is 10.0 Å². The van der Waals surface area contributed by atoms with Crippen molar-refractivity contribution >= 4 is 38.3 Å². The van der Waals surface area contributed by atoms with Gasteiger partial charge in [-0.15, -0.1) is 10.2 Å². The Balaban J connectivity index is 1.29. The van der Waals surface area contributed by atoms with Gasteiger partial charge in [0.2, 0.25) is 0 Å². The molecule has 2 aromatic carbocycles. The van der Waals surface area contributed by atoms with Crippen LogP contribution in [0.15, 0.2) is 87.2 Å². The molecule has 32 heavy (non-hydrogen) atoms. The smallest absolute Gasteiger partial charge is 0.408 e. The van der Waals surface area contributed by atoms with Gasteiger partial charge in [0.1, 0.15) is 0 Å². The third-order valence-electron chi connectivity index (χ3n) is 4.50. The van der Waals surface area contributed by atoms with Gasteiger partial charge in [0, 0.05) is 23.8 Å². The van der Waals surface area contributed by atoms with Crippen LogP contribution >= 0.6 is 0 Å². The van der Waals surface area contributed by atoms with E-state index in [0.717, 1.165) is 0 Å². The highest BCUT2D eigenvalue weighted by molar-refractivity contribution is 7.92. The quantitative estimate of drug-likeness (QED) is 0.358. The predicted octanol–water partition coefficient (Wildman–Crippen LogP) is 2.64. The summed E-state index contributed by atoms with van der Waals surface area (Å²) in [7, 11) is -3.86. The average Bonchev–Trinajstić information content (AvgIpc) is 3.44. The molecule has 0 aliphatic rings. The maximum Gasteiger partial charge on any atom is 0.417 e. The van der Waals surface area contributed by atoms with Gasteiger partial charge in [-0.05, 0) is 60.7 Å². The van der Waals surface area contributed by atoms with Gasteiger partial charge in [0.15, 0.2) is 17.2 Å². The van der Waals surface area contributed by atoms with Crippen molar-refractivity contribution in [2.45, 2.75) is 4.90 Å². The molecule has 0 unspecified atom stereocenters. The maximum absolute atomic E-state index is 12.7. The number of hydrogen-bond donors (Lipinski definition) is 3. The molecule has 5 aromatic rings. The first kappa shape index (κ1) is 19.5. The number of aromatic amines is 1. The van der Waals surface area contributed by atoms with Gasteiger partial charge in [-0.3, -0.25) is 9.71 Å². The zero-order chi connectivity index (χ0) is 22.1. The van der Waals surface area contributed by atoms with Crippen LogP contribution in [0.3, 0.4) is 0 Å². The third-order valence-corrected chi connectivity index (χ3v) is 5.88. The van der Waals surface area contributed by atoms with Crippen LogP contribution in [0.2, 0.25) is 0 Å².